The molecular formula is C10H13BrN2O3S. The third-order valence-electron chi connectivity index (χ3n) is 2.04. The Morgan fingerprint density at radius 3 is 2.76 bits per heavy atom. The summed E-state index contributed by atoms with van der Waals surface area (Å²) in [4.78, 5) is 10.4. The van der Waals surface area contributed by atoms with Gasteiger partial charge >= 0.3 is 0 Å². The summed E-state index contributed by atoms with van der Waals surface area (Å²) in [5, 5.41) is 13.8. The zero-order valence-electron chi connectivity index (χ0n) is 9.47. The van der Waals surface area contributed by atoms with Crippen LogP contribution in [-0.4, -0.2) is 27.2 Å². The Morgan fingerprint density at radius 1 is 1.59 bits per heavy atom. The molecule has 0 saturated carbocycles. The summed E-state index contributed by atoms with van der Waals surface area (Å²) in [5.74, 6) is 0.448. The van der Waals surface area contributed by atoms with E-state index in [2.05, 4.69) is 21.2 Å². The molecule has 7 heteroatoms. The van der Waals surface area contributed by atoms with E-state index in [1.54, 1.807) is 18.4 Å². The summed E-state index contributed by atoms with van der Waals surface area (Å²) in [6, 6.07) is 4.61. The molecule has 0 aromatic heterocycles. The van der Waals surface area contributed by atoms with Crippen molar-refractivity contribution in [2.24, 2.45) is 0 Å². The van der Waals surface area contributed by atoms with Crippen molar-refractivity contribution in [3.63, 3.8) is 0 Å². The molecular weight excluding hydrogens is 308 g/mol. The smallest absolute Gasteiger partial charge is 0.292 e. The van der Waals surface area contributed by atoms with Crippen LogP contribution in [0.25, 0.3) is 0 Å². The molecule has 0 radical (unpaired) electrons. The van der Waals surface area contributed by atoms with Gasteiger partial charge in [0, 0.05) is 39.4 Å². The summed E-state index contributed by atoms with van der Waals surface area (Å²) in [5.41, 5.74) is 0.448. The van der Waals surface area contributed by atoms with Gasteiger partial charge in [0.25, 0.3) is 5.69 Å². The van der Waals surface area contributed by atoms with Crippen LogP contribution in [0.5, 0.6) is 0 Å². The standard InChI is InChI=1S/C10H13BrN2O3S/c1-7(6-17(2)16)12-9-5-8(11)3-4-10(9)13(14)15/h3-5,7,12H,6H2,1-2H3. The Morgan fingerprint density at radius 2 is 2.24 bits per heavy atom. The first-order chi connectivity index (χ1) is 7.90. The van der Waals surface area contributed by atoms with Gasteiger partial charge in [0.05, 0.1) is 4.92 Å². The average Bonchev–Trinajstić information content (AvgIpc) is 2.15. The Labute approximate surface area is 110 Å². The highest BCUT2D eigenvalue weighted by Crippen LogP contribution is 2.28. The fourth-order valence-corrected chi connectivity index (χ4v) is 2.59. The van der Waals surface area contributed by atoms with Crippen molar-refractivity contribution in [2.75, 3.05) is 17.3 Å². The number of rotatable bonds is 5. The number of nitrogens with one attached hydrogen (secondary N) is 1. The number of benzene rings is 1. The third-order valence-corrected chi connectivity index (χ3v) is 3.50. The van der Waals surface area contributed by atoms with Crippen LogP contribution in [0.15, 0.2) is 22.7 Å². The highest BCUT2D eigenvalue weighted by Gasteiger charge is 2.15. The van der Waals surface area contributed by atoms with E-state index >= 15 is 0 Å². The molecule has 0 spiro atoms. The molecule has 0 amide bonds. The first kappa shape index (κ1) is 14.1. The van der Waals surface area contributed by atoms with Gasteiger partial charge < -0.3 is 5.32 Å². The lowest BCUT2D eigenvalue weighted by Crippen LogP contribution is -2.22. The maximum absolute atomic E-state index is 11.1. The second-order valence-corrected chi connectivity index (χ2v) is 6.10. The van der Waals surface area contributed by atoms with E-state index in [0.717, 1.165) is 4.47 Å². The Balaban J connectivity index is 2.92. The molecule has 5 nitrogen and oxygen atoms in total. The number of anilines is 1. The van der Waals surface area contributed by atoms with Crippen molar-refractivity contribution < 1.29 is 9.13 Å². The maximum Gasteiger partial charge on any atom is 0.292 e. The Hall–Kier alpha value is -0.950. The minimum Gasteiger partial charge on any atom is -0.376 e. The molecule has 0 aliphatic carbocycles. The largest absolute Gasteiger partial charge is 0.376 e. The Bertz CT molecular complexity index is 453. The summed E-state index contributed by atoms with van der Waals surface area (Å²) in [6.07, 6.45) is 1.60. The van der Waals surface area contributed by atoms with Crippen LogP contribution in [0.2, 0.25) is 0 Å². The fraction of sp³-hybridized carbons (Fsp3) is 0.400. The second-order valence-electron chi connectivity index (χ2n) is 3.70. The number of halogens is 1. The maximum atomic E-state index is 11.1. The van der Waals surface area contributed by atoms with E-state index < -0.39 is 15.7 Å². The van der Waals surface area contributed by atoms with E-state index in [-0.39, 0.29) is 11.7 Å². The molecule has 94 valence electrons. The predicted molar refractivity (Wildman–Crippen MR) is 72.8 cm³/mol. The highest BCUT2D eigenvalue weighted by atomic mass is 79.9. The van der Waals surface area contributed by atoms with E-state index in [1.165, 1.54) is 6.07 Å². The van der Waals surface area contributed by atoms with Gasteiger partial charge in [0.15, 0.2) is 0 Å². The highest BCUT2D eigenvalue weighted by molar-refractivity contribution is 9.10. The fourth-order valence-electron chi connectivity index (χ4n) is 1.44. The van der Waals surface area contributed by atoms with Crippen LogP contribution in [0, 0.1) is 10.1 Å². The van der Waals surface area contributed by atoms with Crippen LogP contribution < -0.4 is 5.32 Å². The number of nitro groups is 1. The van der Waals surface area contributed by atoms with Crippen molar-refractivity contribution in [1.29, 1.82) is 0 Å². The lowest BCUT2D eigenvalue weighted by Gasteiger charge is -2.14. The number of hydrogen-bond acceptors (Lipinski definition) is 4. The zero-order valence-corrected chi connectivity index (χ0v) is 11.9. The molecule has 0 heterocycles. The minimum atomic E-state index is -0.936. The van der Waals surface area contributed by atoms with Gasteiger partial charge in [-0.1, -0.05) is 15.9 Å². The molecule has 1 rings (SSSR count). The SMILES string of the molecule is CC(CS(C)=O)Nc1cc(Br)ccc1[N+](=O)[O-]. The molecule has 2 unspecified atom stereocenters. The van der Waals surface area contributed by atoms with Crippen molar-refractivity contribution in [2.45, 2.75) is 13.0 Å². The lowest BCUT2D eigenvalue weighted by atomic mass is 10.2. The van der Waals surface area contributed by atoms with Crippen LogP contribution in [0.1, 0.15) is 6.92 Å². The van der Waals surface area contributed by atoms with Crippen molar-refractivity contribution in [1.82, 2.24) is 0 Å². The minimum absolute atomic E-state index is 0.0157. The van der Waals surface area contributed by atoms with Gasteiger partial charge in [0.1, 0.15) is 5.69 Å². The third kappa shape index (κ3) is 4.43. The van der Waals surface area contributed by atoms with Gasteiger partial charge in [-0.15, -0.1) is 0 Å². The van der Waals surface area contributed by atoms with Gasteiger partial charge in [-0.3, -0.25) is 14.3 Å². The first-order valence-corrected chi connectivity index (χ1v) is 7.42. The van der Waals surface area contributed by atoms with Gasteiger partial charge in [-0.25, -0.2) is 0 Å². The first-order valence-electron chi connectivity index (χ1n) is 4.90. The van der Waals surface area contributed by atoms with Gasteiger partial charge in [-0.05, 0) is 19.1 Å². The average molecular weight is 321 g/mol. The van der Waals surface area contributed by atoms with Gasteiger partial charge in [-0.2, -0.15) is 0 Å². The van der Waals surface area contributed by atoms with Crippen molar-refractivity contribution in [3.05, 3.63) is 32.8 Å². The van der Waals surface area contributed by atoms with E-state index in [4.69, 9.17) is 0 Å². The summed E-state index contributed by atoms with van der Waals surface area (Å²) in [6.45, 7) is 1.84. The topological polar surface area (TPSA) is 72.2 Å². The van der Waals surface area contributed by atoms with E-state index in [0.29, 0.717) is 11.4 Å². The molecule has 0 bridgehead atoms. The molecule has 1 aromatic carbocycles. The molecule has 17 heavy (non-hydrogen) atoms. The zero-order chi connectivity index (χ0) is 13.0. The van der Waals surface area contributed by atoms with E-state index in [1.807, 2.05) is 6.92 Å². The monoisotopic (exact) mass is 320 g/mol. The molecule has 0 saturated heterocycles. The normalized spacial score (nSPS) is 14.1. The second kappa shape index (κ2) is 6.11. The van der Waals surface area contributed by atoms with Crippen LogP contribution in [0.4, 0.5) is 11.4 Å². The van der Waals surface area contributed by atoms with Gasteiger partial charge in [0.2, 0.25) is 0 Å². The van der Waals surface area contributed by atoms with Crippen molar-refractivity contribution >= 4 is 38.1 Å². The number of nitro benzene ring substituents is 1. The molecule has 0 aliphatic heterocycles. The van der Waals surface area contributed by atoms with E-state index in [9.17, 15) is 14.3 Å². The summed E-state index contributed by atoms with van der Waals surface area (Å²) >= 11 is 3.26. The molecule has 0 aliphatic rings. The van der Waals surface area contributed by atoms with Crippen LogP contribution in [-0.2, 0) is 10.8 Å². The molecule has 1 N–H and O–H groups in total. The molecule has 0 fully saturated rings. The van der Waals surface area contributed by atoms with Crippen LogP contribution in [0.3, 0.4) is 0 Å². The molecule has 2 atom stereocenters. The van der Waals surface area contributed by atoms with Crippen LogP contribution >= 0.6 is 15.9 Å². The lowest BCUT2D eigenvalue weighted by molar-refractivity contribution is -0.384. The summed E-state index contributed by atoms with van der Waals surface area (Å²) < 4.78 is 11.8. The quantitative estimate of drug-likeness (QED) is 0.668. The number of hydrogen-bond donors (Lipinski definition) is 1. The predicted octanol–water partition coefficient (Wildman–Crippen LogP) is 2.54. The Kier molecular flexibility index (Phi) is 5.07. The molecule has 1 aromatic rings. The van der Waals surface area contributed by atoms with Crippen molar-refractivity contribution in [3.8, 4) is 0 Å². The summed E-state index contributed by atoms with van der Waals surface area (Å²) in [7, 11) is -0.936. The number of nitrogens with zero attached hydrogens (tertiary/aromatic N) is 1.